The Labute approximate surface area is 110 Å². The summed E-state index contributed by atoms with van der Waals surface area (Å²) in [5.41, 5.74) is 1.03. The number of hydrogen-bond donors (Lipinski definition) is 2. The zero-order chi connectivity index (χ0) is 13.7. The second-order valence-electron chi connectivity index (χ2n) is 4.21. The van der Waals surface area contributed by atoms with E-state index in [1.165, 1.54) is 0 Å². The van der Waals surface area contributed by atoms with E-state index in [-0.39, 0.29) is 11.6 Å². The molecule has 2 N–H and O–H groups in total. The summed E-state index contributed by atoms with van der Waals surface area (Å²) in [5, 5.41) is 15.5. The molecule has 0 radical (unpaired) electrons. The maximum Gasteiger partial charge on any atom is 0.273 e. The van der Waals surface area contributed by atoms with Crippen molar-refractivity contribution < 1.29 is 14.4 Å². The van der Waals surface area contributed by atoms with Crippen LogP contribution in [0.1, 0.15) is 23.8 Å². The Morgan fingerprint density at radius 1 is 1.47 bits per heavy atom. The van der Waals surface area contributed by atoms with Crippen LogP contribution in [-0.4, -0.2) is 33.8 Å². The second kappa shape index (κ2) is 6.10. The number of pyridine rings is 1. The second-order valence-corrected chi connectivity index (χ2v) is 4.21. The minimum absolute atomic E-state index is 0.220. The van der Waals surface area contributed by atoms with E-state index in [0.29, 0.717) is 18.7 Å². The number of aliphatic hydroxyl groups excluding tert-OH is 1. The minimum Gasteiger partial charge on any atom is -0.393 e. The number of amides is 1. The van der Waals surface area contributed by atoms with Crippen LogP contribution in [0.5, 0.6) is 0 Å². The van der Waals surface area contributed by atoms with Crippen LogP contribution in [0.4, 0.5) is 0 Å². The van der Waals surface area contributed by atoms with Gasteiger partial charge in [-0.1, -0.05) is 5.16 Å². The van der Waals surface area contributed by atoms with Crippen molar-refractivity contribution in [1.29, 1.82) is 0 Å². The van der Waals surface area contributed by atoms with E-state index < -0.39 is 6.10 Å². The van der Waals surface area contributed by atoms with E-state index in [4.69, 9.17) is 9.63 Å². The molecule has 2 heterocycles. The molecule has 0 bridgehead atoms. The van der Waals surface area contributed by atoms with Crippen molar-refractivity contribution in [1.82, 2.24) is 15.5 Å². The maximum absolute atomic E-state index is 11.7. The van der Waals surface area contributed by atoms with Crippen molar-refractivity contribution in [3.05, 3.63) is 36.3 Å². The van der Waals surface area contributed by atoms with Gasteiger partial charge in [0.15, 0.2) is 11.5 Å². The Bertz CT molecular complexity index is 537. The lowest BCUT2D eigenvalue weighted by molar-refractivity contribution is 0.0936. The molecule has 1 unspecified atom stereocenters. The summed E-state index contributed by atoms with van der Waals surface area (Å²) in [6.07, 6.45) is 3.34. The van der Waals surface area contributed by atoms with Gasteiger partial charge in [-0.25, -0.2) is 0 Å². The van der Waals surface area contributed by atoms with Gasteiger partial charge in [0.25, 0.3) is 5.91 Å². The summed E-state index contributed by atoms with van der Waals surface area (Å²) < 4.78 is 5.11. The maximum atomic E-state index is 11.7. The number of aliphatic hydroxyl groups is 1. The first-order valence-corrected chi connectivity index (χ1v) is 6.00. The molecule has 0 aliphatic heterocycles. The highest BCUT2D eigenvalue weighted by atomic mass is 16.5. The molecule has 2 rings (SSSR count). The summed E-state index contributed by atoms with van der Waals surface area (Å²) in [7, 11) is 0. The Kier molecular flexibility index (Phi) is 4.25. The summed E-state index contributed by atoms with van der Waals surface area (Å²) in [6, 6.07) is 5.12. The number of carbonyl (C=O) groups excluding carboxylic acids is 1. The highest BCUT2D eigenvalue weighted by Crippen LogP contribution is 2.18. The zero-order valence-corrected chi connectivity index (χ0v) is 10.5. The van der Waals surface area contributed by atoms with Crippen molar-refractivity contribution in [2.45, 2.75) is 19.4 Å². The van der Waals surface area contributed by atoms with Crippen LogP contribution in [0, 0.1) is 0 Å². The van der Waals surface area contributed by atoms with Crippen LogP contribution in [0.25, 0.3) is 11.3 Å². The highest BCUT2D eigenvalue weighted by Gasteiger charge is 2.13. The lowest BCUT2D eigenvalue weighted by Crippen LogP contribution is -2.26. The van der Waals surface area contributed by atoms with Crippen molar-refractivity contribution in [3.8, 4) is 11.3 Å². The van der Waals surface area contributed by atoms with Gasteiger partial charge in [-0.2, -0.15) is 0 Å². The lowest BCUT2D eigenvalue weighted by Gasteiger charge is -2.04. The van der Waals surface area contributed by atoms with Crippen LogP contribution in [0.2, 0.25) is 0 Å². The predicted molar refractivity (Wildman–Crippen MR) is 68.4 cm³/mol. The number of rotatable bonds is 5. The summed E-state index contributed by atoms with van der Waals surface area (Å²) in [4.78, 5) is 15.6. The Balaban J connectivity index is 1.99. The molecule has 0 aliphatic carbocycles. The standard InChI is InChI=1S/C13H15N3O3/c1-9(17)2-7-15-13(18)11-8-12(19-16-11)10-3-5-14-6-4-10/h3-6,8-9,17H,2,7H2,1H3,(H,15,18). The van der Waals surface area contributed by atoms with Gasteiger partial charge < -0.3 is 14.9 Å². The molecular weight excluding hydrogens is 246 g/mol. The van der Waals surface area contributed by atoms with Gasteiger partial charge in [0.2, 0.25) is 0 Å². The Morgan fingerprint density at radius 2 is 2.21 bits per heavy atom. The van der Waals surface area contributed by atoms with E-state index in [2.05, 4.69) is 15.5 Å². The van der Waals surface area contributed by atoms with E-state index >= 15 is 0 Å². The number of nitrogens with one attached hydrogen (secondary N) is 1. The molecule has 6 heteroatoms. The van der Waals surface area contributed by atoms with Gasteiger partial charge >= 0.3 is 0 Å². The smallest absolute Gasteiger partial charge is 0.273 e. The van der Waals surface area contributed by atoms with Crippen LogP contribution < -0.4 is 5.32 Å². The van der Waals surface area contributed by atoms with E-state index in [1.54, 1.807) is 37.5 Å². The van der Waals surface area contributed by atoms with Crippen molar-refractivity contribution in [3.63, 3.8) is 0 Å². The minimum atomic E-state index is -0.440. The first-order chi connectivity index (χ1) is 9.16. The lowest BCUT2D eigenvalue weighted by atomic mass is 10.2. The Morgan fingerprint density at radius 3 is 2.89 bits per heavy atom. The van der Waals surface area contributed by atoms with Crippen LogP contribution in [0.3, 0.4) is 0 Å². The van der Waals surface area contributed by atoms with Crippen LogP contribution >= 0.6 is 0 Å². The van der Waals surface area contributed by atoms with Crippen LogP contribution in [-0.2, 0) is 0 Å². The van der Waals surface area contributed by atoms with Crippen molar-refractivity contribution in [2.24, 2.45) is 0 Å². The predicted octanol–water partition coefficient (Wildman–Crippen LogP) is 1.24. The topological polar surface area (TPSA) is 88.2 Å². The number of aromatic nitrogens is 2. The fourth-order valence-corrected chi connectivity index (χ4v) is 1.52. The number of hydrogen-bond acceptors (Lipinski definition) is 5. The molecular formula is C13H15N3O3. The van der Waals surface area contributed by atoms with Gasteiger partial charge in [-0.05, 0) is 25.5 Å². The molecule has 0 aliphatic rings. The molecule has 0 saturated heterocycles. The average molecular weight is 261 g/mol. The van der Waals surface area contributed by atoms with E-state index in [1.807, 2.05) is 0 Å². The third kappa shape index (κ3) is 3.62. The van der Waals surface area contributed by atoms with E-state index in [9.17, 15) is 4.79 Å². The normalized spacial score (nSPS) is 12.1. The summed E-state index contributed by atoms with van der Waals surface area (Å²) >= 11 is 0. The third-order valence-electron chi connectivity index (χ3n) is 2.56. The van der Waals surface area contributed by atoms with Gasteiger partial charge in [-0.3, -0.25) is 9.78 Å². The van der Waals surface area contributed by atoms with Crippen molar-refractivity contribution in [2.75, 3.05) is 6.54 Å². The monoisotopic (exact) mass is 261 g/mol. The van der Waals surface area contributed by atoms with Gasteiger partial charge in [0.1, 0.15) is 0 Å². The molecule has 0 aromatic carbocycles. The largest absolute Gasteiger partial charge is 0.393 e. The molecule has 19 heavy (non-hydrogen) atoms. The van der Waals surface area contributed by atoms with Gasteiger partial charge in [0.05, 0.1) is 6.10 Å². The van der Waals surface area contributed by atoms with Gasteiger partial charge in [0, 0.05) is 30.6 Å². The highest BCUT2D eigenvalue weighted by molar-refractivity contribution is 5.93. The molecule has 2 aromatic heterocycles. The third-order valence-corrected chi connectivity index (χ3v) is 2.56. The summed E-state index contributed by atoms with van der Waals surface area (Å²) in [6.45, 7) is 2.07. The fraction of sp³-hybridized carbons (Fsp3) is 0.308. The first-order valence-electron chi connectivity index (χ1n) is 6.00. The SMILES string of the molecule is CC(O)CCNC(=O)c1cc(-c2ccncc2)on1. The molecule has 1 atom stereocenters. The Hall–Kier alpha value is -2.21. The van der Waals surface area contributed by atoms with Crippen LogP contribution in [0.15, 0.2) is 35.1 Å². The van der Waals surface area contributed by atoms with E-state index in [0.717, 1.165) is 5.56 Å². The molecule has 1 amide bonds. The quantitative estimate of drug-likeness (QED) is 0.845. The zero-order valence-electron chi connectivity index (χ0n) is 10.5. The van der Waals surface area contributed by atoms with Crippen molar-refractivity contribution >= 4 is 5.91 Å². The molecule has 100 valence electrons. The molecule has 6 nitrogen and oxygen atoms in total. The molecule has 2 aromatic rings. The first kappa shape index (κ1) is 13.2. The van der Waals surface area contributed by atoms with Gasteiger partial charge in [-0.15, -0.1) is 0 Å². The number of nitrogens with zero attached hydrogens (tertiary/aromatic N) is 2. The molecule has 0 fully saturated rings. The summed E-state index contributed by atoms with van der Waals surface area (Å²) in [5.74, 6) is 0.202. The molecule has 0 spiro atoms. The number of carbonyl (C=O) groups is 1. The fourth-order valence-electron chi connectivity index (χ4n) is 1.52. The average Bonchev–Trinajstić information content (AvgIpc) is 2.89. The molecule has 0 saturated carbocycles.